The number of methoxy groups -OCH3 is 1. The second-order valence-corrected chi connectivity index (χ2v) is 8.50. The first kappa shape index (κ1) is 19.3. The Balaban J connectivity index is 1.99. The van der Waals surface area contributed by atoms with Crippen molar-refractivity contribution in [3.05, 3.63) is 59.6 Å². The van der Waals surface area contributed by atoms with Crippen LogP contribution in [-0.4, -0.2) is 33.9 Å². The van der Waals surface area contributed by atoms with Crippen molar-refractivity contribution in [1.29, 1.82) is 0 Å². The zero-order valence-electron chi connectivity index (χ0n) is 15.0. The maximum absolute atomic E-state index is 12.1. The molecule has 0 spiro atoms. The van der Waals surface area contributed by atoms with Gasteiger partial charge in [0.25, 0.3) is 0 Å². The second-order valence-electron chi connectivity index (χ2n) is 5.94. The molecule has 0 bridgehead atoms. The van der Waals surface area contributed by atoms with Crippen LogP contribution in [0, 0.1) is 0 Å². The molecule has 8 heteroatoms. The van der Waals surface area contributed by atoms with E-state index < -0.39 is 10.0 Å². The SMILES string of the molecule is COc1cc(Cl)c(N=Nc2ccc(S(=O)(=O)N(C)C)cc2)c2ccccc12. The normalized spacial score (nSPS) is 12.2. The lowest BCUT2D eigenvalue weighted by Crippen LogP contribution is -2.21. The molecule has 0 amide bonds. The van der Waals surface area contributed by atoms with Crippen molar-refractivity contribution < 1.29 is 13.2 Å². The number of azo groups is 1. The molecule has 0 unspecified atom stereocenters. The van der Waals surface area contributed by atoms with Crippen molar-refractivity contribution in [3.63, 3.8) is 0 Å². The molecule has 0 aliphatic carbocycles. The van der Waals surface area contributed by atoms with Crippen LogP contribution in [0.25, 0.3) is 10.8 Å². The van der Waals surface area contributed by atoms with Crippen LogP contribution >= 0.6 is 11.6 Å². The molecular weight excluding hydrogens is 386 g/mol. The lowest BCUT2D eigenvalue weighted by Gasteiger charge is -2.11. The zero-order valence-corrected chi connectivity index (χ0v) is 16.6. The third-order valence-corrected chi connectivity index (χ3v) is 6.15. The van der Waals surface area contributed by atoms with Crippen LogP contribution in [0.3, 0.4) is 0 Å². The molecule has 3 aromatic carbocycles. The van der Waals surface area contributed by atoms with Gasteiger partial charge in [-0.15, -0.1) is 5.11 Å². The van der Waals surface area contributed by atoms with E-state index >= 15 is 0 Å². The molecule has 0 aliphatic rings. The van der Waals surface area contributed by atoms with E-state index in [-0.39, 0.29) is 4.90 Å². The molecule has 0 fully saturated rings. The van der Waals surface area contributed by atoms with E-state index in [1.807, 2.05) is 24.3 Å². The summed E-state index contributed by atoms with van der Waals surface area (Å²) in [6.07, 6.45) is 0. The Bertz CT molecular complexity index is 1110. The molecule has 0 saturated carbocycles. The summed E-state index contributed by atoms with van der Waals surface area (Å²) in [5, 5.41) is 10.6. The van der Waals surface area contributed by atoms with Gasteiger partial charge in [0.15, 0.2) is 0 Å². The van der Waals surface area contributed by atoms with E-state index in [4.69, 9.17) is 16.3 Å². The quantitative estimate of drug-likeness (QED) is 0.552. The number of hydrogen-bond donors (Lipinski definition) is 0. The number of ether oxygens (including phenoxy) is 1. The minimum absolute atomic E-state index is 0.194. The Morgan fingerprint density at radius 2 is 1.59 bits per heavy atom. The van der Waals surface area contributed by atoms with Gasteiger partial charge in [-0.2, -0.15) is 5.11 Å². The van der Waals surface area contributed by atoms with Crippen LogP contribution in [0.2, 0.25) is 5.02 Å². The maximum atomic E-state index is 12.1. The molecule has 0 radical (unpaired) electrons. The van der Waals surface area contributed by atoms with Crippen LogP contribution in [0.1, 0.15) is 0 Å². The minimum Gasteiger partial charge on any atom is -0.496 e. The van der Waals surface area contributed by atoms with Crippen LogP contribution in [0.5, 0.6) is 5.75 Å². The fourth-order valence-electron chi connectivity index (χ4n) is 2.57. The predicted octanol–water partition coefficient (Wildman–Crippen LogP) is 5.17. The monoisotopic (exact) mass is 403 g/mol. The summed E-state index contributed by atoms with van der Waals surface area (Å²) >= 11 is 6.35. The Kier molecular flexibility index (Phi) is 5.46. The number of fused-ring (bicyclic) bond motifs is 1. The number of hydrogen-bond acceptors (Lipinski definition) is 5. The highest BCUT2D eigenvalue weighted by atomic mass is 35.5. The average molecular weight is 404 g/mol. The van der Waals surface area contributed by atoms with Gasteiger partial charge in [0.1, 0.15) is 11.4 Å². The molecule has 0 saturated heterocycles. The third-order valence-electron chi connectivity index (χ3n) is 4.03. The summed E-state index contributed by atoms with van der Waals surface area (Å²) < 4.78 is 30.8. The average Bonchev–Trinajstić information content (AvgIpc) is 2.67. The maximum Gasteiger partial charge on any atom is 0.242 e. The van der Waals surface area contributed by atoms with Gasteiger partial charge in [0.05, 0.1) is 22.7 Å². The Morgan fingerprint density at radius 1 is 0.963 bits per heavy atom. The second kappa shape index (κ2) is 7.64. The van der Waals surface area contributed by atoms with Crippen LogP contribution < -0.4 is 4.74 Å². The molecule has 0 aromatic heterocycles. The standard InChI is InChI=1S/C19H18ClN3O3S/c1-23(2)27(24,25)14-10-8-13(9-11-14)21-22-19-16-7-5-4-6-15(16)18(26-3)12-17(19)20/h4-12H,1-3H3. The van der Waals surface area contributed by atoms with Crippen LogP contribution in [-0.2, 0) is 10.0 Å². The summed E-state index contributed by atoms with van der Waals surface area (Å²) in [5.74, 6) is 0.660. The number of benzene rings is 3. The van der Waals surface area contributed by atoms with Gasteiger partial charge in [-0.25, -0.2) is 12.7 Å². The zero-order chi connectivity index (χ0) is 19.6. The Hall–Kier alpha value is -2.48. The van der Waals surface area contributed by atoms with Gasteiger partial charge >= 0.3 is 0 Å². The highest BCUT2D eigenvalue weighted by Gasteiger charge is 2.16. The highest BCUT2D eigenvalue weighted by Crippen LogP contribution is 2.40. The molecule has 3 rings (SSSR count). The minimum atomic E-state index is -3.48. The van der Waals surface area contributed by atoms with Crippen molar-refractivity contribution in [1.82, 2.24) is 4.31 Å². The summed E-state index contributed by atoms with van der Waals surface area (Å²) in [7, 11) is 1.08. The molecule has 0 heterocycles. The predicted molar refractivity (Wildman–Crippen MR) is 107 cm³/mol. The Morgan fingerprint density at radius 3 is 2.19 bits per heavy atom. The van der Waals surface area contributed by atoms with Crippen LogP contribution in [0.15, 0.2) is 69.7 Å². The van der Waals surface area contributed by atoms with Gasteiger partial charge in [0, 0.05) is 30.9 Å². The van der Waals surface area contributed by atoms with Gasteiger partial charge in [-0.05, 0) is 24.3 Å². The van der Waals surface area contributed by atoms with Gasteiger partial charge in [-0.3, -0.25) is 0 Å². The van der Waals surface area contributed by atoms with Crippen molar-refractivity contribution in [3.8, 4) is 5.75 Å². The topological polar surface area (TPSA) is 71.3 Å². The van der Waals surface area contributed by atoms with Gasteiger partial charge in [-0.1, -0.05) is 35.9 Å². The Labute approximate surface area is 163 Å². The van der Waals surface area contributed by atoms with Crippen molar-refractivity contribution in [2.75, 3.05) is 21.2 Å². The van der Waals surface area contributed by atoms with E-state index in [1.165, 1.54) is 26.2 Å². The van der Waals surface area contributed by atoms with Gasteiger partial charge in [0.2, 0.25) is 10.0 Å². The number of sulfonamides is 1. The fourth-order valence-corrected chi connectivity index (χ4v) is 3.71. The van der Waals surface area contributed by atoms with E-state index in [9.17, 15) is 8.42 Å². The fraction of sp³-hybridized carbons (Fsp3) is 0.158. The first-order chi connectivity index (χ1) is 12.8. The summed E-state index contributed by atoms with van der Waals surface area (Å²) in [5.41, 5.74) is 1.04. The molecule has 0 atom stereocenters. The van der Waals surface area contributed by atoms with E-state index in [1.54, 1.807) is 25.3 Å². The van der Waals surface area contributed by atoms with E-state index in [2.05, 4.69) is 10.2 Å². The van der Waals surface area contributed by atoms with E-state index in [0.29, 0.717) is 22.1 Å². The van der Waals surface area contributed by atoms with Crippen molar-refractivity contribution in [2.45, 2.75) is 4.90 Å². The lowest BCUT2D eigenvalue weighted by molar-refractivity contribution is 0.420. The summed E-state index contributed by atoms with van der Waals surface area (Å²) in [6, 6.07) is 15.5. The molecule has 3 aromatic rings. The molecule has 140 valence electrons. The molecular formula is C19H18ClN3O3S. The molecule has 0 N–H and O–H groups in total. The summed E-state index contributed by atoms with van der Waals surface area (Å²) in [6.45, 7) is 0. The molecule has 6 nitrogen and oxygen atoms in total. The van der Waals surface area contributed by atoms with E-state index in [0.717, 1.165) is 15.1 Å². The van der Waals surface area contributed by atoms with Crippen LogP contribution in [0.4, 0.5) is 11.4 Å². The molecule has 0 aliphatic heterocycles. The first-order valence-electron chi connectivity index (χ1n) is 8.04. The largest absolute Gasteiger partial charge is 0.496 e. The molecule has 27 heavy (non-hydrogen) atoms. The van der Waals surface area contributed by atoms with Crippen molar-refractivity contribution in [2.24, 2.45) is 10.2 Å². The third kappa shape index (κ3) is 3.80. The number of rotatable bonds is 5. The van der Waals surface area contributed by atoms with Crippen molar-refractivity contribution >= 4 is 43.8 Å². The lowest BCUT2D eigenvalue weighted by atomic mass is 10.1. The summed E-state index contributed by atoms with van der Waals surface area (Å²) in [4.78, 5) is 0.194. The smallest absolute Gasteiger partial charge is 0.242 e. The van der Waals surface area contributed by atoms with Gasteiger partial charge < -0.3 is 4.74 Å². The number of halogens is 1. The first-order valence-corrected chi connectivity index (χ1v) is 9.86. The number of nitrogens with zero attached hydrogens (tertiary/aromatic N) is 3. The highest BCUT2D eigenvalue weighted by molar-refractivity contribution is 7.89.